The maximum absolute atomic E-state index is 12.8. The van der Waals surface area contributed by atoms with Crippen LogP contribution >= 0.6 is 34.5 Å². The number of carbonyl (C=O) groups excluding carboxylic acids is 2. The van der Waals surface area contributed by atoms with E-state index in [9.17, 15) is 22.8 Å². The summed E-state index contributed by atoms with van der Waals surface area (Å²) in [6, 6.07) is 13.1. The van der Waals surface area contributed by atoms with E-state index in [0.29, 0.717) is 26.2 Å². The normalized spacial score (nSPS) is 15.0. The van der Waals surface area contributed by atoms with Crippen LogP contribution in [0.3, 0.4) is 0 Å². The number of Topliss-reactive ketones (excluding diaryl/α,β-unsaturated/α-hetero) is 1. The maximum atomic E-state index is 12.8. The zero-order valence-corrected chi connectivity index (χ0v) is 23.3. The van der Waals surface area contributed by atoms with Crippen LogP contribution in [0.5, 0.6) is 0 Å². The van der Waals surface area contributed by atoms with E-state index in [2.05, 4.69) is 10.0 Å². The topological polar surface area (TPSA) is 142 Å². The van der Waals surface area contributed by atoms with Crippen LogP contribution in [0.2, 0.25) is 10.0 Å². The zero-order valence-electron chi connectivity index (χ0n) is 20.2. The Hall–Kier alpha value is -3.42. The van der Waals surface area contributed by atoms with Crippen molar-refractivity contribution < 1.29 is 32.6 Å². The maximum Gasteiger partial charge on any atom is 0.335 e. The van der Waals surface area contributed by atoms with E-state index in [-0.39, 0.29) is 28.4 Å². The minimum Gasteiger partial charge on any atom is -0.478 e. The first-order valence-corrected chi connectivity index (χ1v) is 14.3. The van der Waals surface area contributed by atoms with Gasteiger partial charge in [0.15, 0.2) is 0 Å². The number of carbonyl (C=O) groups is 3. The minimum atomic E-state index is -3.98. The molecule has 204 valence electrons. The number of rotatable bonds is 10. The van der Waals surface area contributed by atoms with Crippen LogP contribution in [-0.4, -0.2) is 55.9 Å². The molecule has 1 atom stereocenters. The molecule has 0 saturated heterocycles. The first-order valence-electron chi connectivity index (χ1n) is 11.2. The summed E-state index contributed by atoms with van der Waals surface area (Å²) in [5.74, 6) is -1.84. The van der Waals surface area contributed by atoms with Crippen molar-refractivity contribution in [3.63, 3.8) is 0 Å². The molecule has 1 unspecified atom stereocenters. The second-order valence-corrected chi connectivity index (χ2v) is 12.0. The highest BCUT2D eigenvalue weighted by molar-refractivity contribution is 7.89. The summed E-state index contributed by atoms with van der Waals surface area (Å²) in [5, 5.41) is 12.4. The molecule has 0 radical (unpaired) electrons. The van der Waals surface area contributed by atoms with Gasteiger partial charge < -0.3 is 20.1 Å². The minimum absolute atomic E-state index is 0.115. The lowest BCUT2D eigenvalue weighted by Crippen LogP contribution is -2.40. The van der Waals surface area contributed by atoms with Crippen molar-refractivity contribution in [1.82, 2.24) is 14.9 Å². The van der Waals surface area contributed by atoms with E-state index in [0.717, 1.165) is 17.4 Å². The van der Waals surface area contributed by atoms with Crippen LogP contribution in [-0.2, 0) is 26.1 Å². The molecule has 3 aromatic rings. The van der Waals surface area contributed by atoms with Gasteiger partial charge in [-0.05, 0) is 42.5 Å². The number of hydrogen-bond donors (Lipinski definition) is 3. The van der Waals surface area contributed by atoms with Crippen LogP contribution < -0.4 is 10.0 Å². The van der Waals surface area contributed by atoms with Crippen LogP contribution in [0.15, 0.2) is 65.7 Å². The average Bonchev–Trinajstić information content (AvgIpc) is 3.53. The molecule has 1 aliphatic rings. The van der Waals surface area contributed by atoms with Gasteiger partial charge in [-0.15, -0.1) is 11.3 Å². The third-order valence-corrected chi connectivity index (χ3v) is 8.66. The fraction of sp³-hybridized carbons (Fsp3) is 0.160. The Morgan fingerprint density at radius 2 is 1.77 bits per heavy atom. The number of carboxylic acid groups (broad SMARTS) is 1. The summed E-state index contributed by atoms with van der Waals surface area (Å²) in [5.41, 5.74) is 0.305. The Bertz CT molecular complexity index is 1570. The lowest BCUT2D eigenvalue weighted by atomic mass is 10.2. The number of halogens is 2. The molecular formula is C25H21Cl2N3O7S2. The Labute approximate surface area is 237 Å². The molecule has 0 bridgehead atoms. The van der Waals surface area contributed by atoms with Gasteiger partial charge in [0, 0.05) is 24.7 Å². The molecule has 0 saturated carbocycles. The molecule has 1 amide bonds. The monoisotopic (exact) mass is 609 g/mol. The van der Waals surface area contributed by atoms with Gasteiger partial charge in [0.1, 0.15) is 5.76 Å². The number of likely N-dealkylation sites (N-methyl/N-ethyl adjacent to an activating group) is 1. The van der Waals surface area contributed by atoms with Crippen LogP contribution in [0, 0.1) is 0 Å². The molecule has 3 N–H and O–H groups in total. The van der Waals surface area contributed by atoms with Crippen molar-refractivity contribution in [1.29, 1.82) is 0 Å². The van der Waals surface area contributed by atoms with Crippen LogP contribution in [0.1, 0.15) is 30.5 Å². The van der Waals surface area contributed by atoms with Crippen molar-refractivity contribution in [2.75, 3.05) is 13.6 Å². The fourth-order valence-corrected chi connectivity index (χ4v) is 6.21. The van der Waals surface area contributed by atoms with Gasteiger partial charge in [-0.3, -0.25) is 9.59 Å². The molecule has 39 heavy (non-hydrogen) atoms. The van der Waals surface area contributed by atoms with Crippen LogP contribution in [0.4, 0.5) is 0 Å². The van der Waals surface area contributed by atoms with E-state index in [1.165, 1.54) is 24.3 Å². The number of aromatic carboxylic acids is 1. The van der Waals surface area contributed by atoms with Crippen molar-refractivity contribution >= 4 is 68.0 Å². The Morgan fingerprint density at radius 3 is 2.46 bits per heavy atom. The number of amides is 1. The van der Waals surface area contributed by atoms with E-state index >= 15 is 0 Å². The van der Waals surface area contributed by atoms with E-state index in [1.807, 2.05) is 0 Å². The van der Waals surface area contributed by atoms with Crippen molar-refractivity contribution in [3.8, 4) is 0 Å². The van der Waals surface area contributed by atoms with Gasteiger partial charge in [0.25, 0.3) is 5.91 Å². The molecule has 0 spiro atoms. The van der Waals surface area contributed by atoms with Gasteiger partial charge in [-0.1, -0.05) is 35.3 Å². The number of ketones is 1. The summed E-state index contributed by atoms with van der Waals surface area (Å²) < 4.78 is 33.3. The molecular weight excluding hydrogens is 589 g/mol. The standard InChI is InChI=1S/C25H21Cl2N3O7S2/c1-30-13-20(22-17(26)6-3-7-18(22)27)37-24(30)19(31)12-28-23(32)21-9-8-15(38-21)11-29-39(35,36)16-5-2-4-14(10-16)25(33)34/h2-10,13,24,29H,11-12H2,1H3,(H,28,32)(H,33,34). The van der Waals surface area contributed by atoms with E-state index in [1.54, 1.807) is 42.4 Å². The number of ether oxygens (including phenoxy) is 1. The Kier molecular flexibility index (Phi) is 8.62. The highest BCUT2D eigenvalue weighted by Crippen LogP contribution is 2.35. The summed E-state index contributed by atoms with van der Waals surface area (Å²) in [6.07, 6.45) is 0.614. The first-order chi connectivity index (χ1) is 18.5. The molecule has 4 rings (SSSR count). The predicted molar refractivity (Wildman–Crippen MR) is 146 cm³/mol. The van der Waals surface area contributed by atoms with Crippen LogP contribution in [0.25, 0.3) is 5.76 Å². The van der Waals surface area contributed by atoms with Gasteiger partial charge >= 0.3 is 5.97 Å². The van der Waals surface area contributed by atoms with Gasteiger partial charge in [-0.2, -0.15) is 0 Å². The molecule has 1 aliphatic heterocycles. The van der Waals surface area contributed by atoms with Crippen molar-refractivity contribution in [2.45, 2.75) is 17.7 Å². The second kappa shape index (κ2) is 11.8. The molecule has 1 aromatic heterocycles. The molecule has 0 fully saturated rings. The van der Waals surface area contributed by atoms with Gasteiger partial charge in [-0.25, -0.2) is 17.9 Å². The lowest BCUT2D eigenvalue weighted by Gasteiger charge is -2.19. The number of carboxylic acids is 1. The van der Waals surface area contributed by atoms with E-state index < -0.39 is 33.9 Å². The molecule has 2 heterocycles. The number of sulfonamides is 1. The number of nitrogens with one attached hydrogen (secondary N) is 2. The Balaban J connectivity index is 1.31. The fourth-order valence-electron chi connectivity index (χ4n) is 3.62. The Morgan fingerprint density at radius 1 is 1.08 bits per heavy atom. The quantitative estimate of drug-likeness (QED) is 0.315. The number of benzene rings is 2. The smallest absolute Gasteiger partial charge is 0.335 e. The van der Waals surface area contributed by atoms with Gasteiger partial charge in [0.05, 0.1) is 37.5 Å². The zero-order chi connectivity index (χ0) is 28.3. The summed E-state index contributed by atoms with van der Waals surface area (Å²) >= 11 is 13.5. The molecule has 2 aromatic carbocycles. The molecule has 10 nitrogen and oxygen atoms in total. The third-order valence-electron chi connectivity index (χ3n) is 5.55. The summed E-state index contributed by atoms with van der Waals surface area (Å²) in [7, 11) is -2.34. The van der Waals surface area contributed by atoms with E-state index in [4.69, 9.17) is 33.0 Å². The molecule has 0 aliphatic carbocycles. The SMILES string of the molecule is CN1C=C(c2c(Cl)cccc2Cl)OC1C(=O)CNC(=O)c1ccc(CNS(=O)(=O)c2cccc(C(=O)O)c2)s1. The first kappa shape index (κ1) is 28.6. The second-order valence-electron chi connectivity index (χ2n) is 8.30. The highest BCUT2D eigenvalue weighted by atomic mass is 35.5. The lowest BCUT2D eigenvalue weighted by molar-refractivity contribution is -0.130. The number of nitrogens with zero attached hydrogens (tertiary/aromatic N) is 1. The largest absolute Gasteiger partial charge is 0.478 e. The summed E-state index contributed by atoms with van der Waals surface area (Å²) in [4.78, 5) is 38.7. The highest BCUT2D eigenvalue weighted by Gasteiger charge is 2.32. The predicted octanol–water partition coefficient (Wildman–Crippen LogP) is 3.82. The van der Waals surface area contributed by atoms with Crippen molar-refractivity contribution in [2.24, 2.45) is 0 Å². The average molecular weight is 610 g/mol. The summed E-state index contributed by atoms with van der Waals surface area (Å²) in [6.45, 7) is -0.429. The van der Waals surface area contributed by atoms with Gasteiger partial charge in [0.2, 0.25) is 22.0 Å². The third kappa shape index (κ3) is 6.60. The number of hydrogen-bond acceptors (Lipinski definition) is 8. The molecule has 14 heteroatoms. The number of thiophene rings is 1. The van der Waals surface area contributed by atoms with Crippen molar-refractivity contribution in [3.05, 3.63) is 91.7 Å².